The third kappa shape index (κ3) is 4.11. The predicted molar refractivity (Wildman–Crippen MR) is 91.1 cm³/mol. The van der Waals surface area contributed by atoms with Crippen molar-refractivity contribution in [2.75, 3.05) is 5.73 Å². The molecule has 0 unspecified atom stereocenters. The minimum absolute atomic E-state index is 0.122. The molecule has 1 aromatic heterocycles. The van der Waals surface area contributed by atoms with E-state index >= 15 is 0 Å². The molecule has 8 heteroatoms. The first kappa shape index (κ1) is 17.0. The van der Waals surface area contributed by atoms with Crippen molar-refractivity contribution in [1.82, 2.24) is 9.66 Å². The maximum atomic E-state index is 9.59. The number of nitrogen functional groups attached to an aromatic ring is 1. The van der Waals surface area contributed by atoms with Crippen LogP contribution in [0.4, 0.5) is 5.95 Å². The van der Waals surface area contributed by atoms with Crippen LogP contribution in [-0.4, -0.2) is 39.1 Å². The van der Waals surface area contributed by atoms with Gasteiger partial charge in [0.25, 0.3) is 0 Å². The van der Waals surface area contributed by atoms with Crippen molar-refractivity contribution in [2.24, 2.45) is 5.10 Å². The third-order valence-corrected chi connectivity index (χ3v) is 3.08. The third-order valence-electron chi connectivity index (χ3n) is 3.08. The van der Waals surface area contributed by atoms with Crippen LogP contribution >= 0.6 is 0 Å². The molecule has 0 saturated heterocycles. The Balaban J connectivity index is 2.49. The molecule has 23 heavy (non-hydrogen) atoms. The summed E-state index contributed by atoms with van der Waals surface area (Å²) in [6.07, 6.45) is 3.14. The average molecular weight is 316 g/mol. The number of ether oxygens (including phenoxy) is 1. The second-order valence-corrected chi connectivity index (χ2v) is 5.64. The number of rotatable bonds is 5. The van der Waals surface area contributed by atoms with E-state index in [-0.39, 0.29) is 12.1 Å². The highest BCUT2D eigenvalue weighted by molar-refractivity contribution is 6.60. The summed E-state index contributed by atoms with van der Waals surface area (Å²) in [4.78, 5) is 4.07. The summed E-state index contributed by atoms with van der Waals surface area (Å²) in [5, 5.41) is 23.5. The van der Waals surface area contributed by atoms with Gasteiger partial charge in [-0.05, 0) is 33.8 Å². The summed E-state index contributed by atoms with van der Waals surface area (Å²) in [7, 11) is -1.63. The molecule has 1 aromatic carbocycles. The Kier molecular flexibility index (Phi) is 5.07. The topological polar surface area (TPSA) is 106 Å². The van der Waals surface area contributed by atoms with Gasteiger partial charge in [-0.3, -0.25) is 0 Å². The maximum absolute atomic E-state index is 9.59. The Morgan fingerprint density at radius 2 is 2.04 bits per heavy atom. The number of aryl methyl sites for hydroxylation is 2. The monoisotopic (exact) mass is 316 g/mol. The van der Waals surface area contributed by atoms with Gasteiger partial charge in [-0.15, -0.1) is 0 Å². The molecule has 0 saturated carbocycles. The van der Waals surface area contributed by atoms with Crippen LogP contribution in [0.2, 0.25) is 0 Å². The zero-order valence-corrected chi connectivity index (χ0v) is 13.7. The molecule has 2 aromatic rings. The fourth-order valence-electron chi connectivity index (χ4n) is 2.21. The summed E-state index contributed by atoms with van der Waals surface area (Å²) < 4.78 is 7.20. The Hall–Kier alpha value is -2.32. The molecule has 2 rings (SSSR count). The smallest absolute Gasteiger partial charge is 0.491 e. The summed E-state index contributed by atoms with van der Waals surface area (Å²) in [6.45, 7) is 7.41. The SMILES string of the molecule is Cc1cc(C=Nn2cc(C)nc2N)c(OC(C)C)c(B(O)O)c1. The molecule has 0 aliphatic rings. The molecule has 0 aliphatic carbocycles. The molecule has 0 amide bonds. The Morgan fingerprint density at radius 1 is 1.35 bits per heavy atom. The van der Waals surface area contributed by atoms with E-state index < -0.39 is 7.12 Å². The first-order valence-electron chi connectivity index (χ1n) is 7.31. The van der Waals surface area contributed by atoms with Crippen LogP contribution in [-0.2, 0) is 0 Å². The second kappa shape index (κ2) is 6.85. The van der Waals surface area contributed by atoms with E-state index in [1.807, 2.05) is 33.8 Å². The van der Waals surface area contributed by atoms with Crippen molar-refractivity contribution in [3.8, 4) is 5.75 Å². The van der Waals surface area contributed by atoms with Gasteiger partial charge in [0.1, 0.15) is 5.75 Å². The lowest BCUT2D eigenvalue weighted by molar-refractivity contribution is 0.243. The molecule has 4 N–H and O–H groups in total. The van der Waals surface area contributed by atoms with Crippen LogP contribution in [0, 0.1) is 13.8 Å². The van der Waals surface area contributed by atoms with Gasteiger partial charge in [0.15, 0.2) is 0 Å². The Labute approximate surface area is 135 Å². The van der Waals surface area contributed by atoms with Gasteiger partial charge in [-0.2, -0.15) is 5.10 Å². The normalized spacial score (nSPS) is 11.4. The average Bonchev–Trinajstić information content (AvgIpc) is 2.76. The molecule has 1 heterocycles. The van der Waals surface area contributed by atoms with Crippen molar-refractivity contribution in [3.05, 3.63) is 35.2 Å². The zero-order chi connectivity index (χ0) is 17.1. The van der Waals surface area contributed by atoms with Crippen molar-refractivity contribution in [2.45, 2.75) is 33.8 Å². The van der Waals surface area contributed by atoms with Gasteiger partial charge in [0.2, 0.25) is 5.95 Å². The van der Waals surface area contributed by atoms with Gasteiger partial charge in [-0.25, -0.2) is 9.66 Å². The summed E-state index contributed by atoms with van der Waals surface area (Å²) in [5.74, 6) is 0.667. The molecule has 7 nitrogen and oxygen atoms in total. The molecule has 0 radical (unpaired) electrons. The van der Waals surface area contributed by atoms with Crippen molar-refractivity contribution >= 4 is 24.7 Å². The number of benzene rings is 1. The largest absolute Gasteiger partial charge is 0.492 e. The predicted octanol–water partition coefficient (Wildman–Crippen LogP) is 0.431. The first-order chi connectivity index (χ1) is 10.8. The fourth-order valence-corrected chi connectivity index (χ4v) is 2.21. The van der Waals surface area contributed by atoms with E-state index in [1.165, 1.54) is 4.68 Å². The van der Waals surface area contributed by atoms with Gasteiger partial charge in [0, 0.05) is 11.0 Å². The van der Waals surface area contributed by atoms with Gasteiger partial charge < -0.3 is 20.5 Å². The van der Waals surface area contributed by atoms with E-state index in [2.05, 4.69) is 10.1 Å². The quantitative estimate of drug-likeness (QED) is 0.548. The molecular formula is C15H21BN4O3. The summed E-state index contributed by atoms with van der Waals surface area (Å²) in [5.41, 5.74) is 8.31. The molecule has 0 fully saturated rings. The lowest BCUT2D eigenvalue weighted by atomic mass is 9.77. The highest BCUT2D eigenvalue weighted by Gasteiger charge is 2.21. The van der Waals surface area contributed by atoms with Crippen LogP contribution in [0.1, 0.15) is 30.7 Å². The van der Waals surface area contributed by atoms with Gasteiger partial charge in [0.05, 0.1) is 24.2 Å². The molecular weight excluding hydrogens is 295 g/mol. The number of anilines is 1. The zero-order valence-electron chi connectivity index (χ0n) is 13.7. The van der Waals surface area contributed by atoms with Crippen LogP contribution in [0.5, 0.6) is 5.75 Å². The number of hydrogen-bond donors (Lipinski definition) is 3. The highest BCUT2D eigenvalue weighted by atomic mass is 16.5. The Bertz CT molecular complexity index is 726. The summed E-state index contributed by atoms with van der Waals surface area (Å²) in [6, 6.07) is 3.53. The van der Waals surface area contributed by atoms with Crippen molar-refractivity contribution in [1.29, 1.82) is 0 Å². The number of imidazole rings is 1. The first-order valence-corrected chi connectivity index (χ1v) is 7.31. The lowest BCUT2D eigenvalue weighted by Crippen LogP contribution is -2.33. The van der Waals surface area contributed by atoms with Gasteiger partial charge in [-0.1, -0.05) is 11.6 Å². The molecule has 0 spiro atoms. The van der Waals surface area contributed by atoms with Gasteiger partial charge >= 0.3 is 7.12 Å². The van der Waals surface area contributed by atoms with Crippen LogP contribution in [0.3, 0.4) is 0 Å². The van der Waals surface area contributed by atoms with Crippen molar-refractivity contribution < 1.29 is 14.8 Å². The minimum Gasteiger partial charge on any atom is -0.491 e. The van der Waals surface area contributed by atoms with E-state index in [1.54, 1.807) is 18.5 Å². The molecule has 0 atom stereocenters. The number of hydrogen-bond acceptors (Lipinski definition) is 6. The van der Waals surface area contributed by atoms with E-state index in [4.69, 9.17) is 10.5 Å². The van der Waals surface area contributed by atoms with Crippen molar-refractivity contribution in [3.63, 3.8) is 0 Å². The van der Waals surface area contributed by atoms with E-state index in [0.29, 0.717) is 16.8 Å². The second-order valence-electron chi connectivity index (χ2n) is 5.64. The molecule has 0 aliphatic heterocycles. The highest BCUT2D eigenvalue weighted by Crippen LogP contribution is 2.19. The fraction of sp³-hybridized carbons (Fsp3) is 0.333. The van der Waals surface area contributed by atoms with Crippen LogP contribution in [0.25, 0.3) is 0 Å². The molecule has 0 bridgehead atoms. The van der Waals surface area contributed by atoms with E-state index in [9.17, 15) is 10.0 Å². The lowest BCUT2D eigenvalue weighted by Gasteiger charge is -2.17. The summed E-state index contributed by atoms with van der Waals surface area (Å²) >= 11 is 0. The minimum atomic E-state index is -1.63. The number of aromatic nitrogens is 2. The Morgan fingerprint density at radius 3 is 2.57 bits per heavy atom. The van der Waals surface area contributed by atoms with Crippen LogP contribution < -0.4 is 15.9 Å². The van der Waals surface area contributed by atoms with E-state index in [0.717, 1.165) is 11.3 Å². The standard InChI is InChI=1S/C15H21BN4O3/c1-9(2)23-14-12(5-10(3)6-13(14)16(21)22)7-18-20-8-11(4)19-15(20)17/h5-9,21-22H,1-4H3,(H2,17,19). The number of nitrogens with zero attached hydrogens (tertiary/aromatic N) is 3. The van der Waals surface area contributed by atoms with Crippen LogP contribution in [0.15, 0.2) is 23.4 Å². The molecule has 122 valence electrons. The number of nitrogens with two attached hydrogens (primary N) is 1. The maximum Gasteiger partial charge on any atom is 0.492 e.